The van der Waals surface area contributed by atoms with Crippen molar-refractivity contribution >= 4 is 0 Å². The Bertz CT molecular complexity index is 646. The molecule has 0 atom stereocenters. The van der Waals surface area contributed by atoms with E-state index in [2.05, 4.69) is 11.7 Å². The minimum Gasteiger partial charge on any atom is -0.432 e. The SMILES string of the molecule is CCCCCCCCCC1CCC(C2CCC(c3ccc(OC(F)F)c(F)c3)CC2)CC1. The minimum atomic E-state index is -2.99. The minimum absolute atomic E-state index is 0.343. The maximum atomic E-state index is 14.1. The molecule has 2 aliphatic rings. The molecule has 2 saturated carbocycles. The zero-order valence-corrected chi connectivity index (χ0v) is 20.0. The molecule has 0 saturated heterocycles. The molecule has 0 bridgehead atoms. The number of halogens is 3. The standard InChI is InChI=1S/C28H43F3O/c1-2-3-4-5-6-7-8-9-21-10-12-22(13-11-21)23-14-16-24(17-15-23)25-18-19-27(26(29)20-25)32-28(30)31/h18-24,28H,2-17H2,1H3. The lowest BCUT2D eigenvalue weighted by Gasteiger charge is -2.38. The van der Waals surface area contributed by atoms with Gasteiger partial charge in [-0.1, -0.05) is 77.2 Å². The van der Waals surface area contributed by atoms with Crippen LogP contribution in [-0.4, -0.2) is 6.61 Å². The highest BCUT2D eigenvalue weighted by Crippen LogP contribution is 2.45. The molecule has 0 aromatic heterocycles. The lowest BCUT2D eigenvalue weighted by Crippen LogP contribution is -2.25. The van der Waals surface area contributed by atoms with Crippen LogP contribution in [0.15, 0.2) is 18.2 Å². The van der Waals surface area contributed by atoms with Crippen LogP contribution in [0.3, 0.4) is 0 Å². The summed E-state index contributed by atoms with van der Waals surface area (Å²) in [7, 11) is 0. The summed E-state index contributed by atoms with van der Waals surface area (Å²) in [5, 5.41) is 0. The van der Waals surface area contributed by atoms with Crippen molar-refractivity contribution in [3.05, 3.63) is 29.6 Å². The van der Waals surface area contributed by atoms with Gasteiger partial charge in [-0.05, 0) is 79.9 Å². The fourth-order valence-electron chi connectivity index (χ4n) is 6.22. The van der Waals surface area contributed by atoms with Gasteiger partial charge in [-0.25, -0.2) is 4.39 Å². The number of rotatable bonds is 12. The average molecular weight is 453 g/mol. The predicted octanol–water partition coefficient (Wildman–Crippen LogP) is 9.65. The molecule has 0 aliphatic heterocycles. The summed E-state index contributed by atoms with van der Waals surface area (Å²) in [6.45, 7) is -0.713. The highest BCUT2D eigenvalue weighted by molar-refractivity contribution is 5.31. The molecule has 0 spiro atoms. The van der Waals surface area contributed by atoms with Gasteiger partial charge in [-0.3, -0.25) is 0 Å². The summed E-state index contributed by atoms with van der Waals surface area (Å²) in [5.41, 5.74) is 0.931. The summed E-state index contributed by atoms with van der Waals surface area (Å²) < 4.78 is 43.0. The van der Waals surface area contributed by atoms with Crippen molar-refractivity contribution in [2.45, 2.75) is 122 Å². The molecule has 1 nitrogen and oxygen atoms in total. The van der Waals surface area contributed by atoms with Gasteiger partial charge in [0, 0.05) is 0 Å². The van der Waals surface area contributed by atoms with Crippen LogP contribution in [0, 0.1) is 23.6 Å². The normalized spacial score (nSPS) is 26.4. The van der Waals surface area contributed by atoms with Crippen LogP contribution < -0.4 is 4.74 Å². The van der Waals surface area contributed by atoms with Gasteiger partial charge < -0.3 is 4.74 Å². The zero-order valence-electron chi connectivity index (χ0n) is 20.0. The number of hydrogen-bond donors (Lipinski definition) is 0. The van der Waals surface area contributed by atoms with Crippen LogP contribution in [0.2, 0.25) is 0 Å². The molecule has 0 amide bonds. The first kappa shape index (κ1) is 25.4. The number of benzene rings is 1. The Kier molecular flexibility index (Phi) is 10.7. The van der Waals surface area contributed by atoms with E-state index in [-0.39, 0.29) is 5.75 Å². The van der Waals surface area contributed by atoms with Crippen molar-refractivity contribution in [1.82, 2.24) is 0 Å². The van der Waals surface area contributed by atoms with Gasteiger partial charge >= 0.3 is 6.61 Å². The molecular weight excluding hydrogens is 409 g/mol. The van der Waals surface area contributed by atoms with Crippen molar-refractivity contribution in [1.29, 1.82) is 0 Å². The summed E-state index contributed by atoms with van der Waals surface area (Å²) >= 11 is 0. The van der Waals surface area contributed by atoms with E-state index in [9.17, 15) is 13.2 Å². The molecular formula is C28H43F3O. The van der Waals surface area contributed by atoms with Crippen molar-refractivity contribution in [2.75, 3.05) is 0 Å². The van der Waals surface area contributed by atoms with Crippen LogP contribution in [0.1, 0.15) is 121 Å². The molecule has 0 unspecified atom stereocenters. The quantitative estimate of drug-likeness (QED) is 0.287. The Hall–Kier alpha value is -1.19. The lowest BCUT2D eigenvalue weighted by atomic mass is 9.68. The highest BCUT2D eigenvalue weighted by atomic mass is 19.3. The highest BCUT2D eigenvalue weighted by Gasteiger charge is 2.31. The van der Waals surface area contributed by atoms with Gasteiger partial charge in [0.25, 0.3) is 0 Å². The fraction of sp³-hybridized carbons (Fsp3) is 0.786. The smallest absolute Gasteiger partial charge is 0.387 e. The molecule has 2 aliphatic carbocycles. The first-order valence-electron chi connectivity index (χ1n) is 13.3. The Morgan fingerprint density at radius 1 is 0.812 bits per heavy atom. The third-order valence-electron chi connectivity index (χ3n) is 8.19. The number of alkyl halides is 2. The summed E-state index contributed by atoms with van der Waals surface area (Å²) in [5.74, 6) is 1.96. The Morgan fingerprint density at radius 3 is 2.00 bits per heavy atom. The largest absolute Gasteiger partial charge is 0.432 e. The molecule has 0 N–H and O–H groups in total. The van der Waals surface area contributed by atoms with Gasteiger partial charge in [-0.15, -0.1) is 0 Å². The molecule has 1 aromatic carbocycles. The van der Waals surface area contributed by atoms with Gasteiger partial charge in [0.2, 0.25) is 0 Å². The second kappa shape index (κ2) is 13.5. The van der Waals surface area contributed by atoms with E-state index in [1.807, 2.05) is 0 Å². The molecule has 32 heavy (non-hydrogen) atoms. The van der Waals surface area contributed by atoms with Crippen LogP contribution in [0.25, 0.3) is 0 Å². The second-order valence-electron chi connectivity index (χ2n) is 10.4. The van der Waals surface area contributed by atoms with E-state index in [0.717, 1.165) is 36.2 Å². The van der Waals surface area contributed by atoms with Gasteiger partial charge in [0.15, 0.2) is 11.6 Å². The second-order valence-corrected chi connectivity index (χ2v) is 10.4. The molecule has 3 rings (SSSR count). The predicted molar refractivity (Wildman–Crippen MR) is 126 cm³/mol. The van der Waals surface area contributed by atoms with Crippen LogP contribution in [0.5, 0.6) is 5.75 Å². The van der Waals surface area contributed by atoms with Crippen molar-refractivity contribution in [3.8, 4) is 5.75 Å². The topological polar surface area (TPSA) is 9.23 Å². The van der Waals surface area contributed by atoms with E-state index in [4.69, 9.17) is 0 Å². The van der Waals surface area contributed by atoms with E-state index < -0.39 is 12.4 Å². The lowest BCUT2D eigenvalue weighted by molar-refractivity contribution is -0.0522. The Balaban J connectivity index is 1.33. The maximum absolute atomic E-state index is 14.1. The zero-order chi connectivity index (χ0) is 22.8. The molecule has 4 heteroatoms. The third-order valence-corrected chi connectivity index (χ3v) is 8.19. The van der Waals surface area contributed by atoms with Crippen molar-refractivity contribution in [3.63, 3.8) is 0 Å². The third kappa shape index (κ3) is 7.99. The summed E-state index contributed by atoms with van der Waals surface area (Å²) in [6, 6.07) is 4.52. The number of ether oxygens (including phenoxy) is 1. The van der Waals surface area contributed by atoms with E-state index in [1.165, 1.54) is 102 Å². The molecule has 1 aromatic rings. The first-order chi connectivity index (χ1) is 15.6. The molecule has 182 valence electrons. The fourth-order valence-corrected chi connectivity index (χ4v) is 6.22. The van der Waals surface area contributed by atoms with Crippen molar-refractivity contribution < 1.29 is 17.9 Å². The van der Waals surface area contributed by atoms with Gasteiger partial charge in [0.05, 0.1) is 0 Å². The van der Waals surface area contributed by atoms with Crippen LogP contribution in [0.4, 0.5) is 13.2 Å². The maximum Gasteiger partial charge on any atom is 0.387 e. The summed E-state index contributed by atoms with van der Waals surface area (Å²) in [4.78, 5) is 0. The average Bonchev–Trinajstić information content (AvgIpc) is 2.80. The molecule has 0 heterocycles. The van der Waals surface area contributed by atoms with Crippen molar-refractivity contribution in [2.24, 2.45) is 17.8 Å². The van der Waals surface area contributed by atoms with Crippen LogP contribution >= 0.6 is 0 Å². The molecule has 2 fully saturated rings. The van der Waals surface area contributed by atoms with Gasteiger partial charge in [0.1, 0.15) is 0 Å². The first-order valence-corrected chi connectivity index (χ1v) is 13.3. The molecule has 0 radical (unpaired) electrons. The Labute approximate surface area is 193 Å². The van der Waals surface area contributed by atoms with E-state index in [1.54, 1.807) is 6.07 Å². The van der Waals surface area contributed by atoms with E-state index >= 15 is 0 Å². The van der Waals surface area contributed by atoms with E-state index in [0.29, 0.717) is 5.92 Å². The van der Waals surface area contributed by atoms with Crippen LogP contribution in [-0.2, 0) is 0 Å². The summed E-state index contributed by atoms with van der Waals surface area (Å²) in [6.07, 6.45) is 21.5. The van der Waals surface area contributed by atoms with Gasteiger partial charge in [-0.2, -0.15) is 8.78 Å². The Morgan fingerprint density at radius 2 is 1.41 bits per heavy atom. The number of unbranched alkanes of at least 4 members (excludes halogenated alkanes) is 6. The number of hydrogen-bond acceptors (Lipinski definition) is 1. The monoisotopic (exact) mass is 452 g/mol.